The van der Waals surface area contributed by atoms with Crippen LogP contribution >= 0.6 is 0 Å². The zero-order chi connectivity index (χ0) is 14.4. The van der Waals surface area contributed by atoms with Gasteiger partial charge in [-0.05, 0) is 17.7 Å². The summed E-state index contributed by atoms with van der Waals surface area (Å²) in [6, 6.07) is 4.33. The van der Waals surface area contributed by atoms with Crippen LogP contribution < -0.4 is 5.32 Å². The smallest absolute Gasteiger partial charge is 0.307 e. The minimum absolute atomic E-state index is 0.193. The molecule has 1 N–H and O–H groups in total. The summed E-state index contributed by atoms with van der Waals surface area (Å²) < 4.78 is 30.0. The molecule has 0 fully saturated rings. The Kier molecular flexibility index (Phi) is 5.17. The maximum Gasteiger partial charge on any atom is 0.307 e. The molecule has 102 valence electrons. The van der Waals surface area contributed by atoms with E-state index in [4.69, 9.17) is 0 Å². The van der Waals surface area contributed by atoms with Crippen molar-refractivity contribution in [2.45, 2.75) is 12.5 Å². The van der Waals surface area contributed by atoms with Crippen LogP contribution in [0.1, 0.15) is 18.0 Å². The van der Waals surface area contributed by atoms with Crippen molar-refractivity contribution in [1.29, 1.82) is 0 Å². The highest BCUT2D eigenvalue weighted by molar-refractivity contribution is 5.91. The van der Waals surface area contributed by atoms with Crippen LogP contribution in [0, 0.1) is 5.82 Å². The van der Waals surface area contributed by atoms with Crippen LogP contribution in [0.2, 0.25) is 0 Å². The van der Waals surface area contributed by atoms with Gasteiger partial charge in [0, 0.05) is 0 Å². The third kappa shape index (κ3) is 4.50. The molecule has 0 spiro atoms. The summed E-state index contributed by atoms with van der Waals surface area (Å²) in [5.74, 6) is -3.24. The second kappa shape index (κ2) is 6.63. The van der Waals surface area contributed by atoms with Gasteiger partial charge in [-0.25, -0.2) is 8.78 Å². The molecule has 0 aliphatic carbocycles. The van der Waals surface area contributed by atoms with Crippen LogP contribution in [0.5, 0.6) is 0 Å². The number of rotatable bonds is 5. The van der Waals surface area contributed by atoms with E-state index in [1.165, 1.54) is 31.4 Å². The van der Waals surface area contributed by atoms with Crippen molar-refractivity contribution >= 4 is 11.9 Å². The van der Waals surface area contributed by atoms with Gasteiger partial charge >= 0.3 is 5.97 Å². The molecule has 4 nitrogen and oxygen atoms in total. The monoisotopic (exact) mass is 269 g/mol. The van der Waals surface area contributed by atoms with Crippen LogP contribution in [0.3, 0.4) is 0 Å². The Morgan fingerprint density at radius 2 is 1.95 bits per heavy atom. The van der Waals surface area contributed by atoms with E-state index >= 15 is 0 Å². The van der Waals surface area contributed by atoms with Gasteiger partial charge in [0.05, 0.1) is 19.6 Å². The number of hydrogen-bond donors (Lipinski definition) is 1. The van der Waals surface area contributed by atoms with Crippen molar-refractivity contribution < 1.29 is 23.1 Å². The van der Waals surface area contributed by atoms with Gasteiger partial charge < -0.3 is 10.1 Å². The lowest BCUT2D eigenvalue weighted by atomic mass is 10.0. The summed E-state index contributed by atoms with van der Waals surface area (Å²) in [6.45, 7) is 2.86. The number of nitrogens with one attached hydrogen (secondary N) is 1. The number of hydrogen-bond acceptors (Lipinski definition) is 3. The maximum absolute atomic E-state index is 12.8. The molecule has 19 heavy (non-hydrogen) atoms. The molecule has 0 radical (unpaired) electrons. The second-order valence-electron chi connectivity index (χ2n) is 3.76. The first kappa shape index (κ1) is 14.8. The summed E-state index contributed by atoms with van der Waals surface area (Å²) >= 11 is 0. The van der Waals surface area contributed by atoms with E-state index in [2.05, 4.69) is 16.6 Å². The third-order valence-electron chi connectivity index (χ3n) is 2.42. The van der Waals surface area contributed by atoms with E-state index in [0.29, 0.717) is 5.56 Å². The predicted octanol–water partition coefficient (Wildman–Crippen LogP) is 2.03. The van der Waals surface area contributed by atoms with Gasteiger partial charge in [-0.15, -0.1) is 0 Å². The number of ether oxygens (including phenoxy) is 1. The highest BCUT2D eigenvalue weighted by Crippen LogP contribution is 2.18. The van der Waals surface area contributed by atoms with Crippen LogP contribution in [0.4, 0.5) is 8.78 Å². The van der Waals surface area contributed by atoms with Gasteiger partial charge in [-0.2, -0.15) is 0 Å². The predicted molar refractivity (Wildman–Crippen MR) is 64.2 cm³/mol. The highest BCUT2D eigenvalue weighted by atomic mass is 19.1. The Balaban J connectivity index is 2.91. The van der Waals surface area contributed by atoms with Crippen LogP contribution in [-0.4, -0.2) is 19.0 Å². The van der Waals surface area contributed by atoms with E-state index in [1.54, 1.807) is 0 Å². The van der Waals surface area contributed by atoms with E-state index in [0.717, 1.165) is 0 Å². The number of methoxy groups -OCH3 is 1. The molecule has 0 heterocycles. The van der Waals surface area contributed by atoms with Crippen molar-refractivity contribution in [1.82, 2.24) is 5.32 Å². The molecule has 0 saturated heterocycles. The molecule has 1 atom stereocenters. The maximum atomic E-state index is 12.8. The molecule has 1 amide bonds. The molecule has 0 bridgehead atoms. The van der Waals surface area contributed by atoms with Crippen molar-refractivity contribution in [2.24, 2.45) is 0 Å². The lowest BCUT2D eigenvalue weighted by molar-refractivity contribution is -0.141. The fraction of sp³-hybridized carbons (Fsp3) is 0.231. The lowest BCUT2D eigenvalue weighted by Crippen LogP contribution is -2.30. The van der Waals surface area contributed by atoms with E-state index in [9.17, 15) is 18.4 Å². The fourth-order valence-corrected chi connectivity index (χ4v) is 1.43. The number of carbonyl (C=O) groups is 2. The van der Waals surface area contributed by atoms with Crippen LogP contribution in [0.15, 0.2) is 36.7 Å². The van der Waals surface area contributed by atoms with Crippen molar-refractivity contribution in [3.63, 3.8) is 0 Å². The van der Waals surface area contributed by atoms with Gasteiger partial charge in [0.15, 0.2) is 5.83 Å². The van der Waals surface area contributed by atoms with Crippen LogP contribution in [0.25, 0.3) is 0 Å². The second-order valence-corrected chi connectivity index (χ2v) is 3.76. The highest BCUT2D eigenvalue weighted by Gasteiger charge is 2.20. The summed E-state index contributed by atoms with van der Waals surface area (Å²) in [7, 11) is 1.19. The molecular weight excluding hydrogens is 256 g/mol. The molecule has 1 aromatic rings. The summed E-state index contributed by atoms with van der Waals surface area (Å²) in [6.07, 6.45) is -0.193. The molecule has 0 unspecified atom stereocenters. The van der Waals surface area contributed by atoms with E-state index in [1.807, 2.05) is 0 Å². The average molecular weight is 269 g/mol. The van der Waals surface area contributed by atoms with E-state index in [-0.39, 0.29) is 6.42 Å². The normalized spacial score (nSPS) is 11.5. The lowest BCUT2D eigenvalue weighted by Gasteiger charge is -2.17. The molecule has 0 saturated carbocycles. The first-order valence-electron chi connectivity index (χ1n) is 5.41. The molecule has 0 aliphatic heterocycles. The fourth-order valence-electron chi connectivity index (χ4n) is 1.43. The zero-order valence-electron chi connectivity index (χ0n) is 10.3. The minimum Gasteiger partial charge on any atom is -0.469 e. The van der Waals surface area contributed by atoms with Gasteiger partial charge in [-0.3, -0.25) is 9.59 Å². The Hall–Kier alpha value is -2.24. The molecule has 1 rings (SSSR count). The minimum atomic E-state index is -1.17. The Labute approximate surface area is 109 Å². The van der Waals surface area contributed by atoms with Crippen molar-refractivity contribution in [2.75, 3.05) is 7.11 Å². The summed E-state index contributed by atoms with van der Waals surface area (Å²) in [5.41, 5.74) is 0.460. The molecule has 1 aromatic carbocycles. The topological polar surface area (TPSA) is 55.4 Å². The molecule has 0 aliphatic rings. The first-order valence-corrected chi connectivity index (χ1v) is 5.41. The first-order chi connectivity index (χ1) is 8.93. The Morgan fingerprint density at radius 1 is 1.37 bits per heavy atom. The Morgan fingerprint density at radius 3 is 2.42 bits per heavy atom. The van der Waals surface area contributed by atoms with Gasteiger partial charge in [-0.1, -0.05) is 18.7 Å². The average Bonchev–Trinajstić information content (AvgIpc) is 2.38. The van der Waals surface area contributed by atoms with Gasteiger partial charge in [0.2, 0.25) is 0 Å². The molecule has 0 aromatic heterocycles. The Bertz CT molecular complexity index is 485. The SMILES string of the molecule is C=C(F)C(=O)N[C@H](CC(=O)OC)c1ccc(F)cc1. The zero-order valence-corrected chi connectivity index (χ0v) is 10.3. The molecular formula is C13H13F2NO3. The number of benzene rings is 1. The number of amides is 1. The van der Waals surface area contributed by atoms with Crippen molar-refractivity contribution in [3.05, 3.63) is 48.1 Å². The summed E-state index contributed by atoms with van der Waals surface area (Å²) in [4.78, 5) is 22.5. The van der Waals surface area contributed by atoms with Crippen LogP contribution in [-0.2, 0) is 14.3 Å². The number of halogens is 2. The van der Waals surface area contributed by atoms with Crippen molar-refractivity contribution in [3.8, 4) is 0 Å². The van der Waals surface area contributed by atoms with Gasteiger partial charge in [0.1, 0.15) is 5.82 Å². The quantitative estimate of drug-likeness (QED) is 0.657. The largest absolute Gasteiger partial charge is 0.469 e. The standard InChI is InChI=1S/C13H13F2NO3/c1-8(14)13(18)16-11(7-12(17)19-2)9-3-5-10(15)6-4-9/h3-6,11H,1,7H2,2H3,(H,16,18)/t11-/m1/s1. The number of carbonyl (C=O) groups excluding carboxylic acids is 2. The van der Waals surface area contributed by atoms with Gasteiger partial charge in [0.25, 0.3) is 5.91 Å². The third-order valence-corrected chi connectivity index (χ3v) is 2.42. The van der Waals surface area contributed by atoms with E-state index < -0.39 is 29.6 Å². The number of esters is 1. The summed E-state index contributed by atoms with van der Waals surface area (Å²) in [5, 5.41) is 2.28. The molecule has 6 heteroatoms.